The van der Waals surface area contributed by atoms with Crippen LogP contribution in [0.15, 0.2) is 70.5 Å². The molecule has 9 heteroatoms. The third-order valence-corrected chi connectivity index (χ3v) is 23.9. The van der Waals surface area contributed by atoms with E-state index >= 15 is 0 Å². The molecule has 4 aromatic rings. The van der Waals surface area contributed by atoms with Crippen molar-refractivity contribution in [3.63, 3.8) is 0 Å². The first-order valence-electron chi connectivity index (χ1n) is 44.0. The van der Waals surface area contributed by atoms with Gasteiger partial charge in [-0.2, -0.15) is 0 Å². The van der Waals surface area contributed by atoms with Crippen LogP contribution in [0.4, 0.5) is 0 Å². The van der Waals surface area contributed by atoms with Gasteiger partial charge in [-0.25, -0.2) is 16.8 Å². The molecule has 0 aliphatic heterocycles. The average Bonchev–Trinajstić information content (AvgIpc) is 0.784. The quantitative estimate of drug-likeness (QED) is 0.0247. The molecule has 6 nitrogen and oxygen atoms in total. The topological polar surface area (TPSA) is 114 Å². The SMILES string of the molecule is CCCCCCCCCCCCCCCCCCc1ccc2c(S(=O)(=O)[O-])cccc2c1CCCCCCCCCCCCCCCCCC.CCCCCCCCCCCCCCCCCCc1ccc2c(S(=O)(=O)[O-])cccc2c1CCCCCCCCCCCCCCCCCC.[Ba+2]. The number of hydrogen-bond donors (Lipinski definition) is 0. The van der Waals surface area contributed by atoms with E-state index < -0.39 is 20.2 Å². The fraction of sp³-hybridized carbons (Fsp3) is 0.783. The molecule has 0 aliphatic rings. The minimum atomic E-state index is -4.51. The third-order valence-electron chi connectivity index (χ3n) is 22.2. The fourth-order valence-corrected chi connectivity index (χ4v) is 17.2. The zero-order valence-corrected chi connectivity index (χ0v) is 72.9. The molecule has 0 atom stereocenters. The first-order valence-corrected chi connectivity index (χ1v) is 46.8. The van der Waals surface area contributed by atoms with Crippen molar-refractivity contribution < 1.29 is 25.9 Å². The Morgan fingerprint density at radius 1 is 0.208 bits per heavy atom. The van der Waals surface area contributed by atoms with Gasteiger partial charge in [0.05, 0.1) is 9.79 Å². The smallest absolute Gasteiger partial charge is 0.744 e. The molecule has 0 fully saturated rings. The maximum atomic E-state index is 12.0. The van der Waals surface area contributed by atoms with Crippen LogP contribution in [0.3, 0.4) is 0 Å². The van der Waals surface area contributed by atoms with Crippen LogP contribution < -0.4 is 0 Å². The van der Waals surface area contributed by atoms with E-state index in [0.717, 1.165) is 49.3 Å². The third kappa shape index (κ3) is 49.5. The maximum absolute atomic E-state index is 12.0. The van der Waals surface area contributed by atoms with E-state index in [2.05, 4.69) is 39.8 Å². The van der Waals surface area contributed by atoms with E-state index in [1.165, 1.54) is 432 Å². The summed E-state index contributed by atoms with van der Waals surface area (Å²) in [5.74, 6) is 0. The van der Waals surface area contributed by atoms with Crippen LogP contribution in [0, 0.1) is 0 Å². The van der Waals surface area contributed by atoms with Gasteiger partial charge < -0.3 is 9.11 Å². The average molecular weight is 1560 g/mol. The second kappa shape index (κ2) is 67.0. The van der Waals surface area contributed by atoms with Gasteiger partial charge in [-0.15, -0.1) is 0 Å². The summed E-state index contributed by atoms with van der Waals surface area (Å²) in [6.45, 7) is 9.15. The number of rotatable bonds is 70. The minimum absolute atomic E-state index is 0. The van der Waals surface area contributed by atoms with Crippen LogP contribution >= 0.6 is 0 Å². The van der Waals surface area contributed by atoms with Crippen molar-refractivity contribution in [1.82, 2.24) is 0 Å². The molecule has 0 spiro atoms. The number of fused-ring (bicyclic) bond motifs is 2. The van der Waals surface area contributed by atoms with Gasteiger partial charge in [0, 0.05) is 0 Å². The van der Waals surface area contributed by atoms with E-state index in [4.69, 9.17) is 0 Å². The van der Waals surface area contributed by atoms with E-state index in [0.29, 0.717) is 10.8 Å². The van der Waals surface area contributed by atoms with E-state index in [1.807, 2.05) is 24.3 Å². The molecular weight excluding hydrogens is 1400 g/mol. The molecule has 0 saturated carbocycles. The van der Waals surface area contributed by atoms with Crippen LogP contribution in [0.2, 0.25) is 0 Å². The van der Waals surface area contributed by atoms with Crippen molar-refractivity contribution in [1.29, 1.82) is 0 Å². The summed E-state index contributed by atoms with van der Waals surface area (Å²) in [6, 6.07) is 18.5. The van der Waals surface area contributed by atoms with E-state index in [1.54, 1.807) is 12.1 Å². The molecule has 0 unspecified atom stereocenters. The van der Waals surface area contributed by atoms with Gasteiger partial charge in [0.25, 0.3) is 0 Å². The molecule has 0 heterocycles. The summed E-state index contributed by atoms with van der Waals surface area (Å²) in [5, 5.41) is 3.14. The fourth-order valence-electron chi connectivity index (χ4n) is 15.8. The Kier molecular flexibility index (Phi) is 63.5. The summed E-state index contributed by atoms with van der Waals surface area (Å²) >= 11 is 0. The van der Waals surface area contributed by atoms with Crippen LogP contribution in [0.5, 0.6) is 0 Å². The Hall–Kier alpha value is -1.21. The summed E-state index contributed by atoms with van der Waals surface area (Å²) in [5.41, 5.74) is 5.26. The zero-order chi connectivity index (χ0) is 71.9. The monoisotopic (exact) mass is 1560 g/mol. The Labute approximate surface area is 667 Å². The van der Waals surface area contributed by atoms with Gasteiger partial charge in [-0.05, 0) is 107 Å². The Bertz CT molecular complexity index is 2570. The van der Waals surface area contributed by atoms with E-state index in [-0.39, 0.29) is 58.7 Å². The molecule has 0 N–H and O–H groups in total. The number of unbranched alkanes of at least 4 members (excludes halogenated alkanes) is 60. The summed E-state index contributed by atoms with van der Waals surface area (Å²) < 4.78 is 72.3. The summed E-state index contributed by atoms with van der Waals surface area (Å²) in [6.07, 6.45) is 91.3. The van der Waals surface area contributed by atoms with Crippen molar-refractivity contribution >= 4 is 90.7 Å². The van der Waals surface area contributed by atoms with Crippen LogP contribution in [0.25, 0.3) is 21.5 Å². The van der Waals surface area contributed by atoms with Gasteiger partial charge >= 0.3 is 48.9 Å². The number of hydrogen-bond acceptors (Lipinski definition) is 6. The maximum Gasteiger partial charge on any atom is 2.00 e. The van der Waals surface area contributed by atoms with Gasteiger partial charge in [-0.3, -0.25) is 0 Å². The minimum Gasteiger partial charge on any atom is -0.744 e. The molecule has 0 amide bonds. The Morgan fingerprint density at radius 3 is 0.554 bits per heavy atom. The van der Waals surface area contributed by atoms with Crippen molar-refractivity contribution in [2.24, 2.45) is 0 Å². The van der Waals surface area contributed by atoms with Crippen LogP contribution in [-0.4, -0.2) is 74.8 Å². The molecule has 0 saturated heterocycles. The van der Waals surface area contributed by atoms with Crippen LogP contribution in [-0.2, 0) is 45.9 Å². The predicted octanol–water partition coefficient (Wildman–Crippen LogP) is 30.3. The largest absolute Gasteiger partial charge is 2.00 e. The first-order chi connectivity index (χ1) is 49.0. The first kappa shape index (κ1) is 95.9. The molecule has 0 aliphatic carbocycles. The van der Waals surface area contributed by atoms with Crippen molar-refractivity contribution in [3.8, 4) is 0 Å². The summed E-state index contributed by atoms with van der Waals surface area (Å²) in [7, 11) is -9.01. The van der Waals surface area contributed by atoms with Gasteiger partial charge in [0.1, 0.15) is 20.2 Å². The normalized spacial score (nSPS) is 11.9. The van der Waals surface area contributed by atoms with Gasteiger partial charge in [0.15, 0.2) is 0 Å². The predicted molar refractivity (Wildman–Crippen MR) is 443 cm³/mol. The Balaban J connectivity index is 0.000000680. The van der Waals surface area contributed by atoms with Crippen molar-refractivity contribution in [2.75, 3.05) is 0 Å². The second-order valence-electron chi connectivity index (χ2n) is 31.2. The standard InChI is InChI=1S/2C46H80O3S.Ba/c2*1-3-5-7-9-11-13-15-17-19-21-23-25-27-29-31-33-36-42-40-41-45-44(38-35-39-46(45)50(47,48)49)43(42)37-34-32-30-28-26-24-22-20-18-16-14-12-10-8-6-4-2;/h2*35,38-41H,3-34,36-37H2,1-2H3,(H,47,48,49);/q;;+2/p-2. The molecule has 576 valence electrons. The van der Waals surface area contributed by atoms with Gasteiger partial charge in [0.2, 0.25) is 0 Å². The van der Waals surface area contributed by atoms with Crippen molar-refractivity contribution in [2.45, 2.75) is 474 Å². The molecular formula is C92H158BaO6S2. The molecule has 0 bridgehead atoms. The zero-order valence-electron chi connectivity index (χ0n) is 66.8. The molecule has 0 radical (unpaired) electrons. The molecule has 0 aromatic heterocycles. The number of benzene rings is 4. The van der Waals surface area contributed by atoms with E-state index in [9.17, 15) is 25.9 Å². The second-order valence-corrected chi connectivity index (χ2v) is 33.9. The number of aryl methyl sites for hydroxylation is 4. The van der Waals surface area contributed by atoms with Crippen LogP contribution in [0.1, 0.15) is 461 Å². The molecule has 101 heavy (non-hydrogen) atoms. The summed E-state index contributed by atoms with van der Waals surface area (Å²) in [4.78, 5) is -0.144. The van der Waals surface area contributed by atoms with Gasteiger partial charge in [-0.1, -0.05) is 461 Å². The Morgan fingerprint density at radius 2 is 0.376 bits per heavy atom. The molecule has 4 rings (SSSR count). The van der Waals surface area contributed by atoms with Crippen molar-refractivity contribution in [3.05, 3.63) is 82.9 Å². The molecule has 4 aromatic carbocycles.